The van der Waals surface area contributed by atoms with E-state index in [4.69, 9.17) is 15.0 Å². The monoisotopic (exact) mass is 836 g/mol. The van der Waals surface area contributed by atoms with Gasteiger partial charge >= 0.3 is 0 Å². The molecule has 2 aromatic heterocycles. The van der Waals surface area contributed by atoms with Crippen molar-refractivity contribution in [2.45, 2.75) is 22.1 Å². The van der Waals surface area contributed by atoms with Gasteiger partial charge in [-0.2, -0.15) is 0 Å². The maximum absolute atomic E-state index is 5.51. The summed E-state index contributed by atoms with van der Waals surface area (Å²) in [5.41, 5.74) is 16.4. The van der Waals surface area contributed by atoms with Crippen LogP contribution in [0.25, 0.3) is 79.1 Å². The van der Waals surface area contributed by atoms with E-state index in [1.54, 1.807) is 0 Å². The summed E-state index contributed by atoms with van der Waals surface area (Å²) in [6.45, 7) is 6.15. The number of aromatic nitrogens is 4. The van der Waals surface area contributed by atoms with Crippen molar-refractivity contribution in [2.75, 3.05) is 0 Å². The summed E-state index contributed by atoms with van der Waals surface area (Å²) in [4.78, 5) is 18.8. The number of hydrogen-bond donors (Lipinski definition) is 0. The predicted molar refractivity (Wildman–Crippen MR) is 264 cm³/mol. The normalized spacial score (nSPS) is 13.1. The van der Waals surface area contributed by atoms with Crippen molar-refractivity contribution in [1.82, 2.24) is 19.5 Å². The zero-order chi connectivity index (χ0) is 42.8. The molecule has 3 heterocycles. The van der Waals surface area contributed by atoms with Crippen molar-refractivity contribution in [3.63, 3.8) is 0 Å². The van der Waals surface area contributed by atoms with E-state index in [-0.39, 0.29) is 0 Å². The number of fused-ring (bicyclic) bond motifs is 10. The molecule has 0 N–H and O–H groups in total. The van der Waals surface area contributed by atoms with Crippen molar-refractivity contribution < 1.29 is 0 Å². The van der Waals surface area contributed by atoms with Gasteiger partial charge in [0.1, 0.15) is 0 Å². The van der Waals surface area contributed by atoms with Gasteiger partial charge < -0.3 is 4.57 Å². The molecule has 64 heavy (non-hydrogen) atoms. The molecule has 0 amide bonds. The fourth-order valence-corrected chi connectivity index (χ4v) is 11.3. The fourth-order valence-electron chi connectivity index (χ4n) is 10.1. The van der Waals surface area contributed by atoms with Gasteiger partial charge in [0.25, 0.3) is 0 Å². The third kappa shape index (κ3) is 5.82. The van der Waals surface area contributed by atoms with Crippen molar-refractivity contribution in [3.05, 3.63) is 246 Å². The van der Waals surface area contributed by atoms with E-state index in [2.05, 4.69) is 212 Å². The number of rotatable bonds is 7. The van der Waals surface area contributed by atoms with Gasteiger partial charge in [0.05, 0.1) is 10.9 Å². The first-order valence-electron chi connectivity index (χ1n) is 21.6. The Kier molecular flexibility index (Phi) is 8.99. The maximum atomic E-state index is 5.51. The molecule has 0 atom stereocenters. The molecule has 0 bridgehead atoms. The molecular weight excluding hydrogens is 797 g/mol. The number of nitrogens with zero attached hydrogens (tertiary/aromatic N) is 4. The minimum atomic E-state index is -0.603. The van der Waals surface area contributed by atoms with Crippen LogP contribution in [0.4, 0.5) is 0 Å². The second-order valence-corrected chi connectivity index (χ2v) is 17.5. The maximum Gasteiger partial charge on any atom is 0.164 e. The predicted octanol–water partition coefficient (Wildman–Crippen LogP) is 14.8. The standard InChI is InChI=1S/C59H40N4S/c1-3-4-29-51-38(2)44-22-9-13-30-52(44)63(51)43-21-16-20-42(37-43)57-60-56(41-35-33-40(34-36-41)39-18-6-5-7-19-39)61-58(62-57)47-25-17-24-46-45-23-8-10-26-48(45)59(55(46)47)49-27-11-14-31-53(49)64-54-32-15-12-28-50(54)59/h3-37H,1H2,2H3/b29-4-. The van der Waals surface area contributed by atoms with Crippen LogP contribution in [-0.2, 0) is 5.41 Å². The van der Waals surface area contributed by atoms with Crippen LogP contribution in [0.1, 0.15) is 33.5 Å². The van der Waals surface area contributed by atoms with Crippen LogP contribution in [-0.4, -0.2) is 19.5 Å². The van der Waals surface area contributed by atoms with Gasteiger partial charge in [-0.3, -0.25) is 0 Å². The highest BCUT2D eigenvalue weighted by Crippen LogP contribution is 2.63. The summed E-state index contributed by atoms with van der Waals surface area (Å²) in [6, 6.07) is 69.6. The molecule has 302 valence electrons. The zero-order valence-corrected chi connectivity index (χ0v) is 35.9. The molecule has 1 spiro atoms. The van der Waals surface area contributed by atoms with E-state index in [1.165, 1.54) is 54.1 Å². The Morgan fingerprint density at radius 1 is 0.500 bits per heavy atom. The lowest BCUT2D eigenvalue weighted by Crippen LogP contribution is -2.32. The van der Waals surface area contributed by atoms with E-state index in [0.717, 1.165) is 44.7 Å². The van der Waals surface area contributed by atoms with Crippen LogP contribution in [0.5, 0.6) is 0 Å². The third-order valence-electron chi connectivity index (χ3n) is 12.9. The van der Waals surface area contributed by atoms with E-state index in [9.17, 15) is 0 Å². The highest BCUT2D eigenvalue weighted by atomic mass is 32.2. The van der Waals surface area contributed by atoms with Gasteiger partial charge in [-0.15, -0.1) is 0 Å². The third-order valence-corrected chi connectivity index (χ3v) is 14.1. The van der Waals surface area contributed by atoms with Gasteiger partial charge in [0, 0.05) is 43.2 Å². The first kappa shape index (κ1) is 37.9. The van der Waals surface area contributed by atoms with Crippen molar-refractivity contribution in [1.29, 1.82) is 0 Å². The fraction of sp³-hybridized carbons (Fsp3) is 0.0339. The van der Waals surface area contributed by atoms with Crippen LogP contribution < -0.4 is 0 Å². The Balaban J connectivity index is 1.11. The number of aryl methyl sites for hydroxylation is 1. The lowest BCUT2D eigenvalue weighted by molar-refractivity contribution is 0.723. The smallest absolute Gasteiger partial charge is 0.164 e. The number of benzene rings is 8. The lowest BCUT2D eigenvalue weighted by atomic mass is 9.66. The minimum Gasteiger partial charge on any atom is -0.310 e. The molecule has 0 unspecified atom stereocenters. The topological polar surface area (TPSA) is 43.6 Å². The summed E-state index contributed by atoms with van der Waals surface area (Å²) in [6.07, 6.45) is 5.96. The minimum absolute atomic E-state index is 0.603. The van der Waals surface area contributed by atoms with Crippen LogP contribution in [0.15, 0.2) is 223 Å². The quantitative estimate of drug-likeness (QED) is 0.150. The van der Waals surface area contributed by atoms with Crippen molar-refractivity contribution in [3.8, 4) is 62.1 Å². The average Bonchev–Trinajstić information content (AvgIpc) is 3.82. The average molecular weight is 837 g/mol. The molecule has 1 aliphatic carbocycles. The van der Waals surface area contributed by atoms with Gasteiger partial charge in [-0.25, -0.2) is 15.0 Å². The van der Waals surface area contributed by atoms with E-state index < -0.39 is 5.41 Å². The molecule has 0 saturated heterocycles. The first-order chi connectivity index (χ1) is 31.6. The van der Waals surface area contributed by atoms with Crippen LogP contribution in [0, 0.1) is 6.92 Å². The molecule has 0 radical (unpaired) electrons. The molecule has 0 saturated carbocycles. The lowest BCUT2D eigenvalue weighted by Gasteiger charge is -2.40. The second-order valence-electron chi connectivity index (χ2n) is 16.4. The highest BCUT2D eigenvalue weighted by molar-refractivity contribution is 7.99. The Labute approximate surface area is 377 Å². The van der Waals surface area contributed by atoms with E-state index in [0.29, 0.717) is 17.5 Å². The highest BCUT2D eigenvalue weighted by Gasteiger charge is 2.51. The van der Waals surface area contributed by atoms with Crippen molar-refractivity contribution in [2.24, 2.45) is 0 Å². The molecule has 12 rings (SSSR count). The van der Waals surface area contributed by atoms with Crippen LogP contribution >= 0.6 is 11.8 Å². The first-order valence-corrected chi connectivity index (χ1v) is 22.5. The molecule has 2 aliphatic rings. The number of para-hydroxylation sites is 1. The van der Waals surface area contributed by atoms with Gasteiger partial charge in [0.2, 0.25) is 0 Å². The van der Waals surface area contributed by atoms with Crippen LogP contribution in [0.3, 0.4) is 0 Å². The molecule has 0 fully saturated rings. The molecule has 8 aromatic carbocycles. The summed E-state index contributed by atoms with van der Waals surface area (Å²) in [5, 5.41) is 1.21. The molecular formula is C59H40N4S. The summed E-state index contributed by atoms with van der Waals surface area (Å²) >= 11 is 1.85. The number of hydrogen-bond acceptors (Lipinski definition) is 4. The van der Waals surface area contributed by atoms with Gasteiger partial charge in [-0.1, -0.05) is 194 Å². The van der Waals surface area contributed by atoms with Gasteiger partial charge in [0.15, 0.2) is 17.5 Å². The van der Waals surface area contributed by atoms with E-state index >= 15 is 0 Å². The summed E-state index contributed by atoms with van der Waals surface area (Å²) in [5.74, 6) is 1.85. The number of allylic oxidation sites excluding steroid dienone is 2. The molecule has 5 heteroatoms. The summed E-state index contributed by atoms with van der Waals surface area (Å²) in [7, 11) is 0. The Morgan fingerprint density at radius 3 is 1.83 bits per heavy atom. The second kappa shape index (κ2) is 15.2. The molecule has 1 aliphatic heterocycles. The van der Waals surface area contributed by atoms with Crippen LogP contribution in [0.2, 0.25) is 0 Å². The molecule has 4 nitrogen and oxygen atoms in total. The Morgan fingerprint density at radius 2 is 1.06 bits per heavy atom. The molecule has 10 aromatic rings. The largest absolute Gasteiger partial charge is 0.310 e. The Bertz CT molecular complexity index is 3460. The zero-order valence-electron chi connectivity index (χ0n) is 35.1. The van der Waals surface area contributed by atoms with E-state index in [1.807, 2.05) is 30.0 Å². The van der Waals surface area contributed by atoms with Gasteiger partial charge in [-0.05, 0) is 93.4 Å². The summed E-state index contributed by atoms with van der Waals surface area (Å²) < 4.78 is 2.32. The van der Waals surface area contributed by atoms with Crippen molar-refractivity contribution >= 4 is 28.7 Å². The Hall–Kier alpha value is -7.86. The SMILES string of the molecule is C=C/C=C\c1c(C)c2ccccc2n1-c1cccc(-c2nc(-c3ccc(-c4ccccc4)cc3)nc(-c3cccc4c3C3(c5ccccc5Sc5ccccc53)c3ccccc3-4)n2)c1.